The molecule has 1 atom stereocenters. The zero-order valence-electron chi connectivity index (χ0n) is 18.3. The lowest BCUT2D eigenvalue weighted by Crippen LogP contribution is -2.24. The van der Waals surface area contributed by atoms with Gasteiger partial charge in [-0.1, -0.05) is 29.5 Å². The van der Waals surface area contributed by atoms with E-state index in [1.807, 2.05) is 56.5 Å². The number of aryl methyl sites for hydroxylation is 3. The van der Waals surface area contributed by atoms with Crippen molar-refractivity contribution in [2.75, 3.05) is 12.4 Å². The highest BCUT2D eigenvalue weighted by molar-refractivity contribution is 8.00. The summed E-state index contributed by atoms with van der Waals surface area (Å²) in [5.41, 5.74) is 5.16. The highest BCUT2D eigenvalue weighted by Gasteiger charge is 2.21. The van der Waals surface area contributed by atoms with E-state index in [1.165, 1.54) is 17.3 Å². The molecule has 0 unspecified atom stereocenters. The van der Waals surface area contributed by atoms with E-state index in [2.05, 4.69) is 34.6 Å². The number of rotatable bonds is 7. The van der Waals surface area contributed by atoms with Crippen molar-refractivity contribution in [3.63, 3.8) is 0 Å². The van der Waals surface area contributed by atoms with Crippen LogP contribution in [0.1, 0.15) is 30.5 Å². The minimum Gasteiger partial charge on any atom is -0.497 e. The first-order chi connectivity index (χ1) is 14.3. The number of methoxy groups -OCH3 is 1. The monoisotopic (exact) mass is 424 g/mol. The van der Waals surface area contributed by atoms with Gasteiger partial charge in [0.25, 0.3) is 0 Å². The average molecular weight is 425 g/mol. The molecule has 0 aliphatic carbocycles. The largest absolute Gasteiger partial charge is 0.497 e. The number of nitrogens with zero attached hydrogens (tertiary/aromatic N) is 3. The van der Waals surface area contributed by atoms with E-state index < -0.39 is 0 Å². The molecule has 0 fully saturated rings. The first kappa shape index (κ1) is 21.9. The Bertz CT molecular complexity index is 1020. The first-order valence-electron chi connectivity index (χ1n) is 9.97. The summed E-state index contributed by atoms with van der Waals surface area (Å²) < 4.78 is 7.25. The van der Waals surface area contributed by atoms with Crippen LogP contribution in [0.5, 0.6) is 5.75 Å². The Hall–Kier alpha value is -2.80. The minimum atomic E-state index is -0.316. The van der Waals surface area contributed by atoms with Gasteiger partial charge in [0, 0.05) is 17.8 Å². The zero-order chi connectivity index (χ0) is 21.8. The quantitative estimate of drug-likeness (QED) is 0.540. The second-order valence-corrected chi connectivity index (χ2v) is 8.61. The molecule has 6 nitrogen and oxygen atoms in total. The van der Waals surface area contributed by atoms with Crippen molar-refractivity contribution in [3.05, 3.63) is 53.1 Å². The van der Waals surface area contributed by atoms with Crippen LogP contribution in [0.3, 0.4) is 0 Å². The maximum atomic E-state index is 12.8. The maximum Gasteiger partial charge on any atom is 0.237 e. The van der Waals surface area contributed by atoms with E-state index >= 15 is 0 Å². The van der Waals surface area contributed by atoms with E-state index in [4.69, 9.17) is 4.74 Å². The smallest absolute Gasteiger partial charge is 0.237 e. The number of hydrogen-bond donors (Lipinski definition) is 1. The minimum absolute atomic E-state index is 0.0493. The van der Waals surface area contributed by atoms with Gasteiger partial charge in [-0.15, -0.1) is 10.2 Å². The highest BCUT2D eigenvalue weighted by Crippen LogP contribution is 2.29. The fraction of sp³-hybridized carbons (Fsp3) is 0.348. The summed E-state index contributed by atoms with van der Waals surface area (Å²) >= 11 is 1.41. The molecule has 0 saturated heterocycles. The summed E-state index contributed by atoms with van der Waals surface area (Å²) in [7, 11) is 1.64. The second kappa shape index (κ2) is 9.34. The molecule has 0 saturated carbocycles. The second-order valence-electron chi connectivity index (χ2n) is 7.30. The van der Waals surface area contributed by atoms with E-state index in [9.17, 15) is 4.79 Å². The average Bonchev–Trinajstić information content (AvgIpc) is 3.12. The third-order valence-electron chi connectivity index (χ3n) is 4.96. The number of amides is 1. The lowest BCUT2D eigenvalue weighted by atomic mass is 10.1. The molecular weight excluding hydrogens is 396 g/mol. The predicted octanol–water partition coefficient (Wildman–Crippen LogP) is 5.02. The van der Waals surface area contributed by atoms with Gasteiger partial charge in [-0.3, -0.25) is 4.79 Å². The first-order valence-corrected chi connectivity index (χ1v) is 10.8. The summed E-state index contributed by atoms with van der Waals surface area (Å²) in [4.78, 5) is 12.8. The van der Waals surface area contributed by atoms with E-state index in [-0.39, 0.29) is 11.2 Å². The van der Waals surface area contributed by atoms with Gasteiger partial charge in [-0.05, 0) is 70.0 Å². The number of anilines is 1. The van der Waals surface area contributed by atoms with Crippen LogP contribution < -0.4 is 10.1 Å². The Morgan fingerprint density at radius 2 is 1.77 bits per heavy atom. The van der Waals surface area contributed by atoms with E-state index in [0.29, 0.717) is 6.54 Å². The SMILES string of the molecule is CCn1c(S[C@H](C)C(=O)Nc2c(C)cc(C)cc2C)nnc1-c1ccc(OC)cc1. The number of ether oxygens (including phenoxy) is 1. The van der Waals surface area contributed by atoms with Gasteiger partial charge >= 0.3 is 0 Å². The number of aromatic nitrogens is 3. The van der Waals surface area contributed by atoms with Crippen molar-refractivity contribution in [1.82, 2.24) is 14.8 Å². The normalized spacial score (nSPS) is 11.9. The summed E-state index contributed by atoms with van der Waals surface area (Å²) in [5, 5.41) is 12.2. The number of thioether (sulfide) groups is 1. The number of carbonyl (C=O) groups is 1. The number of hydrogen-bond acceptors (Lipinski definition) is 5. The molecule has 7 heteroatoms. The van der Waals surface area contributed by atoms with Crippen LogP contribution in [0.4, 0.5) is 5.69 Å². The molecule has 0 aliphatic rings. The third-order valence-corrected chi connectivity index (χ3v) is 6.04. The predicted molar refractivity (Wildman–Crippen MR) is 122 cm³/mol. The Morgan fingerprint density at radius 3 is 2.33 bits per heavy atom. The molecule has 1 heterocycles. The van der Waals surface area contributed by atoms with Gasteiger partial charge in [0.05, 0.1) is 12.4 Å². The summed E-state index contributed by atoms with van der Waals surface area (Å²) in [5.74, 6) is 1.52. The Morgan fingerprint density at radius 1 is 1.13 bits per heavy atom. The fourth-order valence-electron chi connectivity index (χ4n) is 3.43. The standard InChI is InChI=1S/C23H28N4O2S/c1-7-27-21(18-8-10-19(29-6)11-9-18)25-26-23(27)30-17(5)22(28)24-20-15(3)12-14(2)13-16(20)4/h8-13,17H,7H2,1-6H3,(H,24,28)/t17-/m1/s1. The molecule has 0 spiro atoms. The summed E-state index contributed by atoms with van der Waals surface area (Å²) in [6.07, 6.45) is 0. The molecule has 1 N–H and O–H groups in total. The molecule has 0 radical (unpaired) electrons. The van der Waals surface area contributed by atoms with Gasteiger partial charge in [0.15, 0.2) is 11.0 Å². The van der Waals surface area contributed by atoms with Gasteiger partial charge in [0.2, 0.25) is 5.91 Å². The molecule has 2 aromatic carbocycles. The molecule has 1 aromatic heterocycles. The Labute approximate surface area is 182 Å². The molecular formula is C23H28N4O2S. The highest BCUT2D eigenvalue weighted by atomic mass is 32.2. The van der Waals surface area contributed by atoms with Gasteiger partial charge < -0.3 is 14.6 Å². The molecule has 0 aliphatic heterocycles. The number of benzene rings is 2. The molecule has 3 rings (SSSR count). The van der Waals surface area contributed by atoms with Gasteiger partial charge in [0.1, 0.15) is 5.75 Å². The summed E-state index contributed by atoms with van der Waals surface area (Å²) in [6, 6.07) is 11.9. The van der Waals surface area contributed by atoms with E-state index in [1.54, 1.807) is 7.11 Å². The Balaban J connectivity index is 1.77. The van der Waals surface area contributed by atoms with Crippen molar-refractivity contribution >= 4 is 23.4 Å². The number of nitrogens with one attached hydrogen (secondary N) is 1. The van der Waals surface area contributed by atoms with Crippen molar-refractivity contribution < 1.29 is 9.53 Å². The van der Waals surface area contributed by atoms with Crippen LogP contribution in [0, 0.1) is 20.8 Å². The van der Waals surface area contributed by atoms with Crippen LogP contribution in [-0.4, -0.2) is 33.0 Å². The zero-order valence-corrected chi connectivity index (χ0v) is 19.1. The van der Waals surface area contributed by atoms with Crippen molar-refractivity contribution in [2.45, 2.75) is 51.6 Å². The molecule has 0 bridgehead atoms. The molecule has 1 amide bonds. The van der Waals surface area contributed by atoms with Crippen molar-refractivity contribution in [1.29, 1.82) is 0 Å². The maximum absolute atomic E-state index is 12.8. The van der Waals surface area contributed by atoms with Crippen molar-refractivity contribution in [3.8, 4) is 17.1 Å². The Kier molecular flexibility index (Phi) is 6.82. The number of carbonyl (C=O) groups excluding carboxylic acids is 1. The van der Waals surface area contributed by atoms with Crippen molar-refractivity contribution in [2.24, 2.45) is 0 Å². The molecule has 30 heavy (non-hydrogen) atoms. The molecule has 158 valence electrons. The van der Waals surface area contributed by atoms with Crippen LogP contribution >= 0.6 is 11.8 Å². The van der Waals surface area contributed by atoms with Crippen LogP contribution in [0.15, 0.2) is 41.6 Å². The van der Waals surface area contributed by atoms with Crippen LogP contribution in [-0.2, 0) is 11.3 Å². The van der Waals surface area contributed by atoms with Gasteiger partial charge in [-0.2, -0.15) is 0 Å². The van der Waals surface area contributed by atoms with E-state index in [0.717, 1.165) is 39.1 Å². The topological polar surface area (TPSA) is 69.0 Å². The lowest BCUT2D eigenvalue weighted by molar-refractivity contribution is -0.115. The summed E-state index contributed by atoms with van der Waals surface area (Å²) in [6.45, 7) is 10.7. The van der Waals surface area contributed by atoms with Gasteiger partial charge in [-0.25, -0.2) is 0 Å². The van der Waals surface area contributed by atoms with Crippen LogP contribution in [0.2, 0.25) is 0 Å². The van der Waals surface area contributed by atoms with Crippen LogP contribution in [0.25, 0.3) is 11.4 Å². The lowest BCUT2D eigenvalue weighted by Gasteiger charge is -2.16. The molecule has 3 aromatic rings. The third kappa shape index (κ3) is 4.67. The fourth-order valence-corrected chi connectivity index (χ4v) is 4.34.